The van der Waals surface area contributed by atoms with Gasteiger partial charge in [-0.3, -0.25) is 9.59 Å². The van der Waals surface area contributed by atoms with Gasteiger partial charge in [0.2, 0.25) is 0 Å². The summed E-state index contributed by atoms with van der Waals surface area (Å²) in [7, 11) is 0. The first-order valence-corrected chi connectivity index (χ1v) is 10.4. The molecule has 7 heteroatoms. The van der Waals surface area contributed by atoms with Crippen molar-refractivity contribution in [1.29, 1.82) is 0 Å². The number of carbonyl (C=O) groups is 2. The second-order valence-corrected chi connectivity index (χ2v) is 8.17. The van der Waals surface area contributed by atoms with Crippen LogP contribution in [0.2, 0.25) is 0 Å². The van der Waals surface area contributed by atoms with Gasteiger partial charge in [-0.15, -0.1) is 0 Å². The third-order valence-corrected chi connectivity index (χ3v) is 5.85. The molecule has 1 aromatic carbocycles. The Kier molecular flexibility index (Phi) is 5.41. The Morgan fingerprint density at radius 1 is 1.17 bits per heavy atom. The average Bonchev–Trinajstić information content (AvgIpc) is 3.17. The summed E-state index contributed by atoms with van der Waals surface area (Å²) in [5, 5.41) is 10.1. The minimum Gasteiger partial charge on any atom is -0.391 e. The summed E-state index contributed by atoms with van der Waals surface area (Å²) in [6, 6.07) is 8.50. The maximum absolute atomic E-state index is 13.7. The second-order valence-electron chi connectivity index (χ2n) is 8.17. The van der Waals surface area contributed by atoms with Crippen molar-refractivity contribution in [1.82, 2.24) is 19.4 Å². The van der Waals surface area contributed by atoms with E-state index in [9.17, 15) is 14.7 Å². The lowest BCUT2D eigenvalue weighted by Crippen LogP contribution is -2.52. The number of nitrogens with zero attached hydrogens (tertiary/aromatic N) is 4. The number of aliphatic hydroxyl groups excluding tert-OH is 1. The highest BCUT2D eigenvalue weighted by atomic mass is 16.3. The normalized spacial score (nSPS) is 21.9. The van der Waals surface area contributed by atoms with E-state index in [1.807, 2.05) is 36.6 Å². The number of rotatable bonds is 3. The van der Waals surface area contributed by atoms with E-state index >= 15 is 0 Å². The average molecular weight is 396 g/mol. The molecule has 0 bridgehead atoms. The number of hydrogen-bond acceptors (Lipinski definition) is 4. The molecule has 2 aromatic rings. The molecule has 1 fully saturated rings. The molecule has 7 nitrogen and oxygen atoms in total. The first-order chi connectivity index (χ1) is 14.0. The third-order valence-electron chi connectivity index (χ3n) is 5.85. The molecule has 4 rings (SSSR count). The van der Waals surface area contributed by atoms with E-state index in [1.165, 1.54) is 0 Å². The fourth-order valence-electron chi connectivity index (χ4n) is 4.36. The number of β-amino-alcohol motifs (C(OH)–C–C–N with tert-alkyl or cyclic N) is 1. The van der Waals surface area contributed by atoms with E-state index in [4.69, 9.17) is 0 Å². The maximum Gasteiger partial charge on any atom is 0.254 e. The predicted octanol–water partition coefficient (Wildman–Crippen LogP) is 2.19. The molecule has 2 aliphatic heterocycles. The Bertz CT molecular complexity index is 893. The molecule has 2 amide bonds. The summed E-state index contributed by atoms with van der Waals surface area (Å²) in [6.45, 7) is 5.46. The zero-order valence-electron chi connectivity index (χ0n) is 17.0. The number of amides is 2. The minimum absolute atomic E-state index is 0.125. The molecule has 1 aromatic heterocycles. The lowest BCUT2D eigenvalue weighted by atomic mass is 9.97. The highest BCUT2D eigenvalue weighted by Crippen LogP contribution is 2.34. The Labute approximate surface area is 170 Å². The van der Waals surface area contributed by atoms with E-state index in [0.717, 1.165) is 17.8 Å². The molecular formula is C22H28N4O3. The quantitative estimate of drug-likeness (QED) is 0.863. The van der Waals surface area contributed by atoms with Crippen LogP contribution in [0.4, 0.5) is 0 Å². The number of benzene rings is 1. The molecule has 0 aliphatic carbocycles. The lowest BCUT2D eigenvalue weighted by molar-refractivity contribution is -0.140. The molecule has 1 N–H and O–H groups in total. The standard InChI is InChI=1S/C22H28N4O3/c1-15(2)26-14-23-18-10-12-25(21(28)16-7-4-3-5-8-16)20(19(18)26)22(29)24-11-6-9-17(27)13-24/h3-5,7-8,14-15,17,20,27H,6,9-13H2,1-2H3. The number of imidazole rings is 1. The van der Waals surface area contributed by atoms with Crippen LogP contribution in [0.5, 0.6) is 0 Å². The molecule has 154 valence electrons. The number of hydrogen-bond donors (Lipinski definition) is 1. The van der Waals surface area contributed by atoms with Crippen molar-refractivity contribution >= 4 is 11.8 Å². The Hall–Kier alpha value is -2.67. The molecule has 0 radical (unpaired) electrons. The maximum atomic E-state index is 13.7. The molecular weight excluding hydrogens is 368 g/mol. The topological polar surface area (TPSA) is 78.7 Å². The largest absolute Gasteiger partial charge is 0.391 e. The van der Waals surface area contributed by atoms with E-state index in [2.05, 4.69) is 4.98 Å². The van der Waals surface area contributed by atoms with Gasteiger partial charge < -0.3 is 19.5 Å². The number of likely N-dealkylation sites (tertiary alicyclic amines) is 1. The fraction of sp³-hybridized carbons (Fsp3) is 0.500. The van der Waals surface area contributed by atoms with Crippen LogP contribution < -0.4 is 0 Å². The predicted molar refractivity (Wildman–Crippen MR) is 108 cm³/mol. The Morgan fingerprint density at radius 2 is 1.93 bits per heavy atom. The van der Waals surface area contributed by atoms with Crippen molar-refractivity contribution in [2.75, 3.05) is 19.6 Å². The summed E-state index contributed by atoms with van der Waals surface area (Å²) < 4.78 is 2.00. The number of aromatic nitrogens is 2. The molecule has 2 aliphatic rings. The van der Waals surface area contributed by atoms with Gasteiger partial charge in [-0.25, -0.2) is 4.98 Å². The van der Waals surface area contributed by atoms with Crippen molar-refractivity contribution in [3.8, 4) is 0 Å². The molecule has 2 unspecified atom stereocenters. The van der Waals surface area contributed by atoms with E-state index in [0.29, 0.717) is 38.0 Å². The van der Waals surface area contributed by atoms with Crippen molar-refractivity contribution < 1.29 is 14.7 Å². The highest BCUT2D eigenvalue weighted by Gasteiger charge is 2.42. The van der Waals surface area contributed by atoms with Gasteiger partial charge in [-0.05, 0) is 38.8 Å². The van der Waals surface area contributed by atoms with Gasteiger partial charge in [0.05, 0.1) is 23.8 Å². The van der Waals surface area contributed by atoms with Gasteiger partial charge in [0.1, 0.15) is 0 Å². The summed E-state index contributed by atoms with van der Waals surface area (Å²) in [6.07, 6.45) is 3.36. The summed E-state index contributed by atoms with van der Waals surface area (Å²) in [4.78, 5) is 34.9. The molecule has 2 atom stereocenters. The van der Waals surface area contributed by atoms with Gasteiger partial charge in [-0.1, -0.05) is 18.2 Å². The summed E-state index contributed by atoms with van der Waals surface area (Å²) in [5.74, 6) is -0.278. The first kappa shape index (κ1) is 19.6. The van der Waals surface area contributed by atoms with Crippen LogP contribution in [-0.4, -0.2) is 62.0 Å². The van der Waals surface area contributed by atoms with Crippen LogP contribution in [0.3, 0.4) is 0 Å². The Balaban J connectivity index is 1.75. The van der Waals surface area contributed by atoms with Crippen LogP contribution in [0.25, 0.3) is 0 Å². The summed E-state index contributed by atoms with van der Waals surface area (Å²) in [5.41, 5.74) is 2.26. The monoisotopic (exact) mass is 396 g/mol. The minimum atomic E-state index is -0.721. The smallest absolute Gasteiger partial charge is 0.254 e. The summed E-state index contributed by atoms with van der Waals surface area (Å²) >= 11 is 0. The number of aliphatic hydroxyl groups is 1. The number of carbonyl (C=O) groups excluding carboxylic acids is 2. The molecule has 29 heavy (non-hydrogen) atoms. The SMILES string of the molecule is CC(C)n1cnc2c1C(C(=O)N1CCCC(O)C1)N(C(=O)c1ccccc1)CC2. The van der Waals surface area contributed by atoms with Crippen molar-refractivity contribution in [2.45, 2.75) is 51.3 Å². The van der Waals surface area contributed by atoms with Gasteiger partial charge >= 0.3 is 0 Å². The molecule has 1 saturated heterocycles. The van der Waals surface area contributed by atoms with Gasteiger partial charge in [-0.2, -0.15) is 0 Å². The number of fused-ring (bicyclic) bond motifs is 1. The van der Waals surface area contributed by atoms with Crippen LogP contribution in [-0.2, 0) is 11.2 Å². The van der Waals surface area contributed by atoms with Gasteiger partial charge in [0, 0.05) is 37.7 Å². The van der Waals surface area contributed by atoms with E-state index < -0.39 is 12.1 Å². The van der Waals surface area contributed by atoms with Crippen molar-refractivity contribution in [3.63, 3.8) is 0 Å². The first-order valence-electron chi connectivity index (χ1n) is 10.4. The fourth-order valence-corrected chi connectivity index (χ4v) is 4.36. The number of piperidine rings is 1. The van der Waals surface area contributed by atoms with E-state index in [-0.39, 0.29) is 17.9 Å². The van der Waals surface area contributed by atoms with Crippen LogP contribution >= 0.6 is 0 Å². The van der Waals surface area contributed by atoms with E-state index in [1.54, 1.807) is 28.3 Å². The zero-order valence-corrected chi connectivity index (χ0v) is 17.0. The van der Waals surface area contributed by atoms with Gasteiger partial charge in [0.25, 0.3) is 11.8 Å². The molecule has 3 heterocycles. The van der Waals surface area contributed by atoms with Crippen LogP contribution in [0, 0.1) is 0 Å². The van der Waals surface area contributed by atoms with Gasteiger partial charge in [0.15, 0.2) is 6.04 Å². The third kappa shape index (κ3) is 3.67. The lowest BCUT2D eigenvalue weighted by Gasteiger charge is -2.40. The van der Waals surface area contributed by atoms with Crippen LogP contribution in [0.15, 0.2) is 36.7 Å². The second kappa shape index (κ2) is 7.99. The van der Waals surface area contributed by atoms with Crippen LogP contribution in [0.1, 0.15) is 60.5 Å². The Morgan fingerprint density at radius 3 is 2.62 bits per heavy atom. The zero-order chi connectivity index (χ0) is 20.5. The van der Waals surface area contributed by atoms with Crippen molar-refractivity contribution in [3.05, 3.63) is 53.6 Å². The molecule has 0 saturated carbocycles. The van der Waals surface area contributed by atoms with Crippen molar-refractivity contribution in [2.24, 2.45) is 0 Å². The highest BCUT2D eigenvalue weighted by molar-refractivity contribution is 5.98. The molecule has 0 spiro atoms.